The van der Waals surface area contributed by atoms with Gasteiger partial charge in [0.2, 0.25) is 5.88 Å². The first-order valence-electron chi connectivity index (χ1n) is 11.9. The molecule has 0 radical (unpaired) electrons. The molecule has 5 aromatic rings. The van der Waals surface area contributed by atoms with E-state index in [0.717, 1.165) is 58.8 Å². The van der Waals surface area contributed by atoms with Crippen molar-refractivity contribution in [2.75, 3.05) is 18.0 Å². The molecule has 0 aliphatic carbocycles. The number of ether oxygens (including phenoxy) is 1. The van der Waals surface area contributed by atoms with Gasteiger partial charge in [0.25, 0.3) is 0 Å². The summed E-state index contributed by atoms with van der Waals surface area (Å²) < 4.78 is 14.6. The SMILES string of the molecule is CC(C)(C)c1noc(N2CCC(Oc3ncnc4c(-c5ccc(-n6cncn6)cc5)csc34)CC2)n1. The predicted octanol–water partition coefficient (Wildman–Crippen LogP) is 4.67. The Kier molecular flexibility index (Phi) is 5.63. The molecule has 1 aliphatic heterocycles. The molecule has 5 heterocycles. The maximum absolute atomic E-state index is 6.38. The fraction of sp³-hybridized carbons (Fsp3) is 0.360. The molecule has 0 amide bonds. The lowest BCUT2D eigenvalue weighted by Gasteiger charge is -2.30. The molecule has 1 aliphatic rings. The highest BCUT2D eigenvalue weighted by atomic mass is 32.1. The molecule has 4 aromatic heterocycles. The number of hydrogen-bond acceptors (Lipinski definition) is 10. The summed E-state index contributed by atoms with van der Waals surface area (Å²) >= 11 is 1.61. The van der Waals surface area contributed by atoms with E-state index >= 15 is 0 Å². The fourth-order valence-corrected chi connectivity index (χ4v) is 5.18. The van der Waals surface area contributed by atoms with Crippen molar-refractivity contribution >= 4 is 27.6 Å². The lowest BCUT2D eigenvalue weighted by molar-refractivity contribution is 0.164. The van der Waals surface area contributed by atoms with Gasteiger partial charge in [-0.2, -0.15) is 10.1 Å². The van der Waals surface area contributed by atoms with E-state index in [2.05, 4.69) is 73.4 Å². The van der Waals surface area contributed by atoms with Crippen LogP contribution in [-0.2, 0) is 5.41 Å². The predicted molar refractivity (Wildman–Crippen MR) is 137 cm³/mol. The Labute approximate surface area is 212 Å². The van der Waals surface area contributed by atoms with Crippen LogP contribution in [0.3, 0.4) is 0 Å². The zero-order valence-corrected chi connectivity index (χ0v) is 21.1. The minimum atomic E-state index is -0.138. The van der Waals surface area contributed by atoms with Crippen LogP contribution in [-0.4, -0.2) is 54.1 Å². The summed E-state index contributed by atoms with van der Waals surface area (Å²) in [5.41, 5.74) is 3.86. The average molecular weight is 503 g/mol. The van der Waals surface area contributed by atoms with Gasteiger partial charge in [0, 0.05) is 42.3 Å². The molecule has 0 saturated carbocycles. The standard InChI is InChI=1S/C25H26N8O2S/c1-25(2,3)23-30-24(35-31-23)32-10-8-18(9-11-32)34-22-21-20(27-14-28-22)19(12-36-21)16-4-6-17(7-5-16)33-15-26-13-29-33/h4-7,12-15,18H,8-11H2,1-3H3. The Hall–Kier alpha value is -3.86. The molecule has 6 rings (SSSR count). The molecular weight excluding hydrogens is 476 g/mol. The monoisotopic (exact) mass is 502 g/mol. The fourth-order valence-electron chi connectivity index (χ4n) is 4.22. The maximum Gasteiger partial charge on any atom is 0.324 e. The largest absolute Gasteiger partial charge is 0.473 e. The second kappa shape index (κ2) is 8.98. The highest BCUT2D eigenvalue weighted by Gasteiger charge is 2.28. The molecule has 0 unspecified atom stereocenters. The number of anilines is 1. The maximum atomic E-state index is 6.38. The number of rotatable bonds is 5. The summed E-state index contributed by atoms with van der Waals surface area (Å²) in [7, 11) is 0. The van der Waals surface area contributed by atoms with Crippen LogP contribution in [0.5, 0.6) is 5.88 Å². The summed E-state index contributed by atoms with van der Waals surface area (Å²) in [5, 5.41) is 10.4. The van der Waals surface area contributed by atoms with Crippen molar-refractivity contribution in [3.8, 4) is 22.7 Å². The van der Waals surface area contributed by atoms with Gasteiger partial charge < -0.3 is 14.2 Å². The quantitative estimate of drug-likeness (QED) is 0.339. The van der Waals surface area contributed by atoms with Crippen LogP contribution in [0.15, 0.2) is 53.2 Å². The third-order valence-corrected chi connectivity index (χ3v) is 7.22. The van der Waals surface area contributed by atoms with Crippen molar-refractivity contribution in [2.45, 2.75) is 45.1 Å². The van der Waals surface area contributed by atoms with Gasteiger partial charge in [-0.25, -0.2) is 19.6 Å². The molecule has 0 bridgehead atoms. The molecule has 36 heavy (non-hydrogen) atoms. The number of nitrogens with zero attached hydrogens (tertiary/aromatic N) is 8. The Bertz CT molecular complexity index is 1460. The van der Waals surface area contributed by atoms with Crippen LogP contribution in [0.4, 0.5) is 6.01 Å². The molecule has 10 nitrogen and oxygen atoms in total. The molecule has 0 N–H and O–H groups in total. The Morgan fingerprint density at radius 1 is 1.06 bits per heavy atom. The highest BCUT2D eigenvalue weighted by Crippen LogP contribution is 2.37. The Morgan fingerprint density at radius 2 is 1.86 bits per heavy atom. The van der Waals surface area contributed by atoms with Gasteiger partial charge in [-0.15, -0.1) is 11.3 Å². The van der Waals surface area contributed by atoms with E-state index in [1.807, 2.05) is 12.1 Å². The molecular formula is C25H26N8O2S. The van der Waals surface area contributed by atoms with E-state index in [1.165, 1.54) is 6.33 Å². The molecule has 1 aromatic carbocycles. The van der Waals surface area contributed by atoms with Gasteiger partial charge in [-0.05, 0) is 17.7 Å². The van der Waals surface area contributed by atoms with Gasteiger partial charge >= 0.3 is 6.01 Å². The van der Waals surface area contributed by atoms with Crippen molar-refractivity contribution in [1.29, 1.82) is 0 Å². The molecule has 184 valence electrons. The van der Waals surface area contributed by atoms with Crippen molar-refractivity contribution in [3.05, 3.63) is 54.5 Å². The number of hydrogen-bond donors (Lipinski definition) is 0. The van der Waals surface area contributed by atoms with E-state index in [4.69, 9.17) is 9.26 Å². The minimum absolute atomic E-state index is 0.0665. The number of benzene rings is 1. The lowest BCUT2D eigenvalue weighted by Crippen LogP contribution is -2.38. The van der Waals surface area contributed by atoms with Crippen LogP contribution in [0.2, 0.25) is 0 Å². The van der Waals surface area contributed by atoms with Crippen LogP contribution < -0.4 is 9.64 Å². The number of fused-ring (bicyclic) bond motifs is 1. The van der Waals surface area contributed by atoms with Crippen molar-refractivity contribution in [2.24, 2.45) is 0 Å². The number of piperidine rings is 1. The topological polar surface area (TPSA) is 108 Å². The minimum Gasteiger partial charge on any atom is -0.473 e. The van der Waals surface area contributed by atoms with Gasteiger partial charge in [-0.3, -0.25) is 0 Å². The summed E-state index contributed by atoms with van der Waals surface area (Å²) in [4.78, 5) is 19.8. The summed E-state index contributed by atoms with van der Waals surface area (Å²) in [5.74, 6) is 1.36. The number of thiophene rings is 1. The van der Waals surface area contributed by atoms with E-state index in [0.29, 0.717) is 11.9 Å². The van der Waals surface area contributed by atoms with E-state index in [9.17, 15) is 0 Å². The first kappa shape index (κ1) is 22.6. The molecule has 11 heteroatoms. The third kappa shape index (κ3) is 4.30. The van der Waals surface area contributed by atoms with Crippen LogP contribution in [0.25, 0.3) is 27.0 Å². The first-order valence-corrected chi connectivity index (χ1v) is 12.8. The van der Waals surface area contributed by atoms with Crippen LogP contribution in [0, 0.1) is 0 Å². The molecule has 0 spiro atoms. The smallest absolute Gasteiger partial charge is 0.324 e. The molecule has 0 atom stereocenters. The van der Waals surface area contributed by atoms with Crippen LogP contribution in [0.1, 0.15) is 39.4 Å². The average Bonchev–Trinajstić information content (AvgIpc) is 3.66. The van der Waals surface area contributed by atoms with E-state index < -0.39 is 0 Å². The van der Waals surface area contributed by atoms with Crippen LogP contribution >= 0.6 is 11.3 Å². The molecule has 1 fully saturated rings. The van der Waals surface area contributed by atoms with Crippen molar-refractivity contribution in [1.82, 2.24) is 34.9 Å². The van der Waals surface area contributed by atoms with E-state index in [-0.39, 0.29) is 11.5 Å². The van der Waals surface area contributed by atoms with Gasteiger partial charge in [0.1, 0.15) is 29.8 Å². The zero-order chi connectivity index (χ0) is 24.7. The summed E-state index contributed by atoms with van der Waals surface area (Å²) in [6.45, 7) is 7.81. The Morgan fingerprint density at radius 3 is 2.56 bits per heavy atom. The lowest BCUT2D eigenvalue weighted by atomic mass is 9.96. The van der Waals surface area contributed by atoms with Crippen molar-refractivity contribution in [3.63, 3.8) is 0 Å². The Balaban J connectivity index is 1.15. The third-order valence-electron chi connectivity index (χ3n) is 6.26. The first-order chi connectivity index (χ1) is 17.5. The van der Waals surface area contributed by atoms with E-state index in [1.54, 1.807) is 28.7 Å². The second-order valence-corrected chi connectivity index (χ2v) is 10.7. The zero-order valence-electron chi connectivity index (χ0n) is 20.3. The second-order valence-electron chi connectivity index (χ2n) is 9.85. The summed E-state index contributed by atoms with van der Waals surface area (Å²) in [6.07, 6.45) is 6.55. The highest BCUT2D eigenvalue weighted by molar-refractivity contribution is 7.18. The molecule has 1 saturated heterocycles. The normalized spacial score (nSPS) is 15.0. The van der Waals surface area contributed by atoms with Gasteiger partial charge in [0.15, 0.2) is 5.82 Å². The number of aromatic nitrogens is 7. The van der Waals surface area contributed by atoms with Gasteiger partial charge in [-0.1, -0.05) is 38.1 Å². The van der Waals surface area contributed by atoms with Crippen molar-refractivity contribution < 1.29 is 9.26 Å². The summed E-state index contributed by atoms with van der Waals surface area (Å²) in [6, 6.07) is 8.76. The van der Waals surface area contributed by atoms with Gasteiger partial charge in [0.05, 0.1) is 11.2 Å².